The van der Waals surface area contributed by atoms with Gasteiger partial charge in [-0.2, -0.15) is 0 Å². The molecule has 2 heterocycles. The van der Waals surface area contributed by atoms with Crippen LogP contribution in [0.3, 0.4) is 0 Å². The average molecular weight is 171 g/mol. The summed E-state index contributed by atoms with van der Waals surface area (Å²) in [5.41, 5.74) is 0. The van der Waals surface area contributed by atoms with E-state index in [2.05, 4.69) is 11.9 Å². The lowest BCUT2D eigenvalue weighted by Gasteiger charge is -2.39. The van der Waals surface area contributed by atoms with Gasteiger partial charge in [-0.3, -0.25) is 4.90 Å². The molecule has 0 spiro atoms. The zero-order valence-corrected chi connectivity index (χ0v) is 7.48. The Morgan fingerprint density at radius 3 is 2.83 bits per heavy atom. The summed E-state index contributed by atoms with van der Waals surface area (Å²) in [6.45, 7) is 0.128. The zero-order valence-electron chi connectivity index (χ0n) is 7.48. The van der Waals surface area contributed by atoms with Crippen molar-refractivity contribution in [2.45, 2.75) is 37.5 Å². The lowest BCUT2D eigenvalue weighted by atomic mass is 9.88. The Hall–Kier alpha value is -0.120. The van der Waals surface area contributed by atoms with Crippen molar-refractivity contribution in [3.8, 4) is 0 Å². The minimum atomic E-state index is -0.274. The summed E-state index contributed by atoms with van der Waals surface area (Å²) in [6, 6.07) is 0.983. The summed E-state index contributed by atoms with van der Waals surface area (Å²) >= 11 is 0. The smallest absolute Gasteiger partial charge is 0.0620 e. The van der Waals surface area contributed by atoms with Gasteiger partial charge < -0.3 is 10.2 Å². The van der Waals surface area contributed by atoms with Crippen LogP contribution in [0.2, 0.25) is 0 Å². The molecule has 4 atom stereocenters. The summed E-state index contributed by atoms with van der Waals surface area (Å²) in [5, 5.41) is 18.8. The molecule has 0 unspecified atom stereocenters. The van der Waals surface area contributed by atoms with E-state index >= 15 is 0 Å². The van der Waals surface area contributed by atoms with Gasteiger partial charge in [-0.05, 0) is 26.3 Å². The van der Waals surface area contributed by atoms with Crippen LogP contribution in [0.4, 0.5) is 0 Å². The summed E-state index contributed by atoms with van der Waals surface area (Å²) < 4.78 is 0. The van der Waals surface area contributed by atoms with Crippen molar-refractivity contribution in [3.63, 3.8) is 0 Å². The van der Waals surface area contributed by atoms with Gasteiger partial charge in [0.1, 0.15) is 0 Å². The fourth-order valence-corrected chi connectivity index (χ4v) is 2.79. The first-order valence-electron chi connectivity index (χ1n) is 4.75. The van der Waals surface area contributed by atoms with Gasteiger partial charge in [0.05, 0.1) is 6.10 Å². The molecule has 2 N–H and O–H groups in total. The molecule has 2 rings (SSSR count). The Bertz CT molecular complexity index is 174. The number of hydrogen-bond acceptors (Lipinski definition) is 3. The minimum Gasteiger partial charge on any atom is -0.396 e. The normalized spacial score (nSPS) is 48.2. The van der Waals surface area contributed by atoms with Gasteiger partial charge in [-0.1, -0.05) is 0 Å². The molecule has 0 aromatic carbocycles. The van der Waals surface area contributed by atoms with Crippen LogP contribution in [-0.2, 0) is 0 Å². The van der Waals surface area contributed by atoms with E-state index in [1.165, 1.54) is 6.42 Å². The molecule has 2 aliphatic rings. The Morgan fingerprint density at radius 1 is 1.42 bits per heavy atom. The highest BCUT2D eigenvalue weighted by Crippen LogP contribution is 2.37. The van der Waals surface area contributed by atoms with Gasteiger partial charge in [0.25, 0.3) is 0 Å². The molecule has 0 aromatic rings. The highest BCUT2D eigenvalue weighted by atomic mass is 16.3. The van der Waals surface area contributed by atoms with Crippen molar-refractivity contribution < 1.29 is 10.2 Å². The van der Waals surface area contributed by atoms with Crippen LogP contribution in [0.25, 0.3) is 0 Å². The number of aliphatic hydroxyl groups is 2. The van der Waals surface area contributed by atoms with E-state index < -0.39 is 0 Å². The number of rotatable bonds is 1. The van der Waals surface area contributed by atoms with Gasteiger partial charge in [-0.15, -0.1) is 0 Å². The van der Waals surface area contributed by atoms with Crippen molar-refractivity contribution in [1.82, 2.24) is 4.90 Å². The van der Waals surface area contributed by atoms with Crippen LogP contribution in [-0.4, -0.2) is 47.0 Å². The van der Waals surface area contributed by atoms with Crippen molar-refractivity contribution >= 4 is 0 Å². The first-order chi connectivity index (χ1) is 5.74. The highest BCUT2D eigenvalue weighted by Gasteiger charge is 2.44. The summed E-state index contributed by atoms with van der Waals surface area (Å²) in [5.74, 6) is 0.0914. The molecule has 0 saturated carbocycles. The maximum atomic E-state index is 9.68. The van der Waals surface area contributed by atoms with Gasteiger partial charge in [0.2, 0.25) is 0 Å². The van der Waals surface area contributed by atoms with E-state index in [9.17, 15) is 5.11 Å². The van der Waals surface area contributed by atoms with Crippen LogP contribution in [0, 0.1) is 5.92 Å². The Kier molecular flexibility index (Phi) is 2.10. The second-order valence-electron chi connectivity index (χ2n) is 4.11. The number of piperidine rings is 1. The second-order valence-corrected chi connectivity index (χ2v) is 4.11. The molecule has 2 saturated heterocycles. The van der Waals surface area contributed by atoms with Crippen LogP contribution < -0.4 is 0 Å². The summed E-state index contributed by atoms with van der Waals surface area (Å²) in [4.78, 5) is 2.33. The lowest BCUT2D eigenvalue weighted by Crippen LogP contribution is -2.50. The third-order valence-electron chi connectivity index (χ3n) is 3.61. The average Bonchev–Trinajstić information content (AvgIpc) is 2.34. The molecule has 0 radical (unpaired) electrons. The van der Waals surface area contributed by atoms with E-state index in [1.807, 2.05) is 0 Å². The monoisotopic (exact) mass is 171 g/mol. The molecule has 70 valence electrons. The molecular formula is C9H17NO2. The Morgan fingerprint density at radius 2 is 2.17 bits per heavy atom. The van der Waals surface area contributed by atoms with Gasteiger partial charge >= 0.3 is 0 Å². The van der Waals surface area contributed by atoms with Crippen molar-refractivity contribution in [1.29, 1.82) is 0 Å². The van der Waals surface area contributed by atoms with E-state index in [4.69, 9.17) is 5.11 Å². The van der Waals surface area contributed by atoms with E-state index in [-0.39, 0.29) is 18.6 Å². The fourth-order valence-electron chi connectivity index (χ4n) is 2.79. The highest BCUT2D eigenvalue weighted by molar-refractivity contribution is 4.98. The molecule has 2 fully saturated rings. The standard InChI is InChI=1S/C9H17NO2/c1-10-6-2-3-8(10)7(5-11)9(12)4-6/h6-9,11-12H,2-5H2,1H3/t6-,7-,8-,9-/m1/s1. The lowest BCUT2D eigenvalue weighted by molar-refractivity contribution is -0.0300. The summed E-state index contributed by atoms with van der Waals surface area (Å²) in [7, 11) is 2.11. The molecule has 2 aliphatic heterocycles. The molecule has 2 bridgehead atoms. The molecule has 3 nitrogen and oxygen atoms in total. The maximum Gasteiger partial charge on any atom is 0.0620 e. The largest absolute Gasteiger partial charge is 0.396 e. The van der Waals surface area contributed by atoms with Gasteiger partial charge in [0, 0.05) is 24.6 Å². The van der Waals surface area contributed by atoms with Crippen LogP contribution >= 0.6 is 0 Å². The second kappa shape index (κ2) is 2.98. The zero-order chi connectivity index (χ0) is 8.72. The number of nitrogens with zero attached hydrogens (tertiary/aromatic N) is 1. The molecule has 3 heteroatoms. The van der Waals surface area contributed by atoms with Crippen LogP contribution in [0.1, 0.15) is 19.3 Å². The Labute approximate surface area is 73.0 Å². The first kappa shape index (κ1) is 8.48. The van der Waals surface area contributed by atoms with Gasteiger partial charge in [0.15, 0.2) is 0 Å². The predicted molar refractivity (Wildman–Crippen MR) is 45.8 cm³/mol. The molecule has 0 aliphatic carbocycles. The predicted octanol–water partition coefficient (Wildman–Crippen LogP) is -0.178. The fraction of sp³-hybridized carbons (Fsp3) is 1.00. The van der Waals surface area contributed by atoms with E-state index in [0.717, 1.165) is 12.8 Å². The van der Waals surface area contributed by atoms with Gasteiger partial charge in [-0.25, -0.2) is 0 Å². The molecule has 0 aromatic heterocycles. The first-order valence-corrected chi connectivity index (χ1v) is 4.75. The quantitative estimate of drug-likeness (QED) is 0.575. The SMILES string of the molecule is CN1[C@@H]2CC[C@@H]1[C@@H](CO)[C@H](O)C2. The minimum absolute atomic E-state index is 0.0914. The topological polar surface area (TPSA) is 43.7 Å². The number of aliphatic hydroxyl groups excluding tert-OH is 2. The van der Waals surface area contributed by atoms with Crippen molar-refractivity contribution in [2.75, 3.05) is 13.7 Å². The third-order valence-corrected chi connectivity index (χ3v) is 3.61. The molecular weight excluding hydrogens is 154 g/mol. The van der Waals surface area contributed by atoms with E-state index in [1.54, 1.807) is 0 Å². The van der Waals surface area contributed by atoms with E-state index in [0.29, 0.717) is 12.1 Å². The Balaban J connectivity index is 2.14. The number of hydrogen-bond donors (Lipinski definition) is 2. The van der Waals surface area contributed by atoms with Crippen LogP contribution in [0.15, 0.2) is 0 Å². The molecule has 12 heavy (non-hydrogen) atoms. The van der Waals surface area contributed by atoms with Crippen molar-refractivity contribution in [2.24, 2.45) is 5.92 Å². The summed E-state index contributed by atoms with van der Waals surface area (Å²) in [6.07, 6.45) is 2.90. The third kappa shape index (κ3) is 1.08. The number of fused-ring (bicyclic) bond motifs is 2. The maximum absolute atomic E-state index is 9.68. The van der Waals surface area contributed by atoms with Crippen LogP contribution in [0.5, 0.6) is 0 Å². The van der Waals surface area contributed by atoms with Crippen molar-refractivity contribution in [3.05, 3.63) is 0 Å². The molecule has 0 amide bonds.